The van der Waals surface area contributed by atoms with E-state index in [0.717, 1.165) is 5.56 Å². The molecule has 0 atom stereocenters. The van der Waals surface area contributed by atoms with Gasteiger partial charge in [0.05, 0.1) is 45.6 Å². The summed E-state index contributed by atoms with van der Waals surface area (Å²) in [4.78, 5) is 11.2. The van der Waals surface area contributed by atoms with E-state index in [-0.39, 0.29) is 6.61 Å². The molecule has 0 spiro atoms. The molecule has 0 amide bonds. The Labute approximate surface area is 143 Å². The summed E-state index contributed by atoms with van der Waals surface area (Å²) in [5, 5.41) is 0. The smallest absolute Gasteiger partial charge is 0.331 e. The molecule has 0 bridgehead atoms. The first-order valence-corrected chi connectivity index (χ1v) is 7.99. The van der Waals surface area contributed by atoms with Crippen molar-refractivity contribution in [1.82, 2.24) is 0 Å². The second kappa shape index (κ2) is 8.58. The number of ether oxygens (including phenoxy) is 5. The molecule has 1 aromatic carbocycles. The molecule has 0 aromatic heterocycles. The average molecular weight is 338 g/mol. The summed E-state index contributed by atoms with van der Waals surface area (Å²) in [5.74, 6) is -1.03. The van der Waals surface area contributed by atoms with Crippen molar-refractivity contribution in [2.45, 2.75) is 26.2 Å². The molecule has 6 heteroatoms. The molecule has 1 saturated heterocycles. The molecular weight excluding hydrogens is 312 g/mol. The first-order valence-electron chi connectivity index (χ1n) is 7.99. The second-order valence-electron chi connectivity index (χ2n) is 6.52. The zero-order valence-corrected chi connectivity index (χ0v) is 14.6. The highest BCUT2D eigenvalue weighted by Crippen LogP contribution is 2.31. The van der Waals surface area contributed by atoms with Crippen LogP contribution < -0.4 is 0 Å². The van der Waals surface area contributed by atoms with Crippen molar-refractivity contribution >= 4 is 5.97 Å². The summed E-state index contributed by atoms with van der Waals surface area (Å²) in [6, 6.07) is 9.94. The number of benzene rings is 1. The molecule has 134 valence electrons. The van der Waals surface area contributed by atoms with Crippen LogP contribution in [-0.4, -0.2) is 51.9 Å². The van der Waals surface area contributed by atoms with Gasteiger partial charge in [0.25, 0.3) is 0 Å². The lowest BCUT2D eigenvalue weighted by Crippen LogP contribution is -2.51. The molecular formula is C18H26O6. The largest absolute Gasteiger partial charge is 0.467 e. The quantitative estimate of drug-likeness (QED) is 0.677. The number of hydrogen-bond acceptors (Lipinski definition) is 6. The predicted molar refractivity (Wildman–Crippen MR) is 87.3 cm³/mol. The Hall–Kier alpha value is -1.47. The van der Waals surface area contributed by atoms with Gasteiger partial charge >= 0.3 is 5.97 Å². The van der Waals surface area contributed by atoms with E-state index in [9.17, 15) is 4.79 Å². The molecule has 0 saturated carbocycles. The molecule has 0 N–H and O–H groups in total. The topological polar surface area (TPSA) is 63.2 Å². The van der Waals surface area contributed by atoms with E-state index >= 15 is 0 Å². The summed E-state index contributed by atoms with van der Waals surface area (Å²) in [7, 11) is 1.33. The molecule has 0 aliphatic carbocycles. The highest BCUT2D eigenvalue weighted by Gasteiger charge is 2.41. The Morgan fingerprint density at radius 2 is 1.71 bits per heavy atom. The van der Waals surface area contributed by atoms with Gasteiger partial charge in [0.1, 0.15) is 6.61 Å². The van der Waals surface area contributed by atoms with Crippen molar-refractivity contribution in [3.63, 3.8) is 0 Å². The van der Waals surface area contributed by atoms with E-state index in [2.05, 4.69) is 4.74 Å². The maximum atomic E-state index is 11.2. The van der Waals surface area contributed by atoms with Gasteiger partial charge in [0, 0.05) is 0 Å². The summed E-state index contributed by atoms with van der Waals surface area (Å²) in [5.41, 5.74) is 0.652. The first-order chi connectivity index (χ1) is 11.4. The lowest BCUT2D eigenvalue weighted by Gasteiger charge is -2.42. The Balaban J connectivity index is 1.88. The van der Waals surface area contributed by atoms with Gasteiger partial charge in [-0.25, -0.2) is 4.79 Å². The highest BCUT2D eigenvalue weighted by molar-refractivity contribution is 5.70. The van der Waals surface area contributed by atoms with Crippen LogP contribution in [0.3, 0.4) is 0 Å². The fourth-order valence-corrected chi connectivity index (χ4v) is 2.31. The molecule has 6 nitrogen and oxygen atoms in total. The molecule has 24 heavy (non-hydrogen) atoms. The van der Waals surface area contributed by atoms with Gasteiger partial charge in [0.2, 0.25) is 0 Å². The van der Waals surface area contributed by atoms with Gasteiger partial charge in [-0.1, -0.05) is 30.3 Å². The van der Waals surface area contributed by atoms with Gasteiger partial charge in [-0.05, 0) is 19.4 Å². The van der Waals surface area contributed by atoms with E-state index < -0.39 is 17.2 Å². The lowest BCUT2D eigenvalue weighted by molar-refractivity contribution is -0.299. The maximum Gasteiger partial charge on any atom is 0.331 e. The predicted octanol–water partition coefficient (Wildman–Crippen LogP) is 2.16. The monoisotopic (exact) mass is 338 g/mol. The van der Waals surface area contributed by atoms with Crippen molar-refractivity contribution in [2.75, 3.05) is 40.1 Å². The summed E-state index contributed by atoms with van der Waals surface area (Å²) in [6.45, 7) is 5.75. The third-order valence-corrected chi connectivity index (χ3v) is 3.83. The molecule has 1 heterocycles. The highest BCUT2D eigenvalue weighted by atomic mass is 16.7. The minimum absolute atomic E-state index is 0.0969. The van der Waals surface area contributed by atoms with Gasteiger partial charge in [-0.3, -0.25) is 0 Å². The van der Waals surface area contributed by atoms with E-state index in [4.69, 9.17) is 18.9 Å². The Kier molecular flexibility index (Phi) is 6.74. The van der Waals surface area contributed by atoms with Crippen molar-refractivity contribution in [2.24, 2.45) is 5.41 Å². The molecule has 0 unspecified atom stereocenters. The molecule has 1 aromatic rings. The molecule has 1 aliphatic heterocycles. The zero-order chi connectivity index (χ0) is 17.5. The van der Waals surface area contributed by atoms with Gasteiger partial charge in [-0.2, -0.15) is 0 Å². The number of methoxy groups -OCH3 is 1. The Morgan fingerprint density at radius 3 is 2.33 bits per heavy atom. The molecule has 1 aliphatic rings. The second-order valence-corrected chi connectivity index (χ2v) is 6.52. The van der Waals surface area contributed by atoms with Gasteiger partial charge in [0.15, 0.2) is 5.79 Å². The number of carbonyl (C=O) groups excluding carboxylic acids is 1. The number of carbonyl (C=O) groups is 1. The third-order valence-electron chi connectivity index (χ3n) is 3.83. The molecule has 0 radical (unpaired) electrons. The van der Waals surface area contributed by atoms with E-state index in [1.807, 2.05) is 44.2 Å². The van der Waals surface area contributed by atoms with Crippen LogP contribution in [-0.2, 0) is 35.1 Å². The van der Waals surface area contributed by atoms with Crippen molar-refractivity contribution < 1.29 is 28.5 Å². The van der Waals surface area contributed by atoms with Crippen LogP contribution in [0.2, 0.25) is 0 Å². The van der Waals surface area contributed by atoms with Crippen molar-refractivity contribution in [1.29, 1.82) is 0 Å². The molecule has 2 rings (SSSR count). The minimum Gasteiger partial charge on any atom is -0.467 e. The lowest BCUT2D eigenvalue weighted by atomic mass is 9.91. The Morgan fingerprint density at radius 1 is 1.08 bits per heavy atom. The van der Waals surface area contributed by atoms with Crippen LogP contribution in [0.1, 0.15) is 19.4 Å². The normalized spacial score (nSPS) is 19.0. The van der Waals surface area contributed by atoms with Crippen LogP contribution in [0.15, 0.2) is 30.3 Å². The van der Waals surface area contributed by atoms with E-state index in [1.54, 1.807) is 0 Å². The van der Waals surface area contributed by atoms with Gasteiger partial charge in [-0.15, -0.1) is 0 Å². The SMILES string of the molecule is COC(=O)COCC1(COCc2ccccc2)COC(C)(C)OC1. The summed E-state index contributed by atoms with van der Waals surface area (Å²) in [6.07, 6.45) is 0. The van der Waals surface area contributed by atoms with Crippen molar-refractivity contribution in [3.05, 3.63) is 35.9 Å². The van der Waals surface area contributed by atoms with Crippen LogP contribution in [0.4, 0.5) is 0 Å². The fourth-order valence-electron chi connectivity index (χ4n) is 2.31. The fraction of sp³-hybridized carbons (Fsp3) is 0.611. The minimum atomic E-state index is -0.620. The van der Waals surface area contributed by atoms with E-state index in [1.165, 1.54) is 7.11 Å². The van der Waals surface area contributed by atoms with Crippen LogP contribution in [0.25, 0.3) is 0 Å². The number of hydrogen-bond donors (Lipinski definition) is 0. The zero-order valence-electron chi connectivity index (χ0n) is 14.6. The van der Waals surface area contributed by atoms with Crippen LogP contribution >= 0.6 is 0 Å². The standard InChI is InChI=1S/C18H26O6/c1-17(2)23-13-18(14-24-17,12-22-10-16(19)20-3)11-21-9-15-7-5-4-6-8-15/h4-8H,9-14H2,1-3H3. The van der Waals surface area contributed by atoms with Crippen LogP contribution in [0, 0.1) is 5.41 Å². The van der Waals surface area contributed by atoms with E-state index in [0.29, 0.717) is 33.0 Å². The first kappa shape index (κ1) is 18.9. The van der Waals surface area contributed by atoms with Gasteiger partial charge < -0.3 is 23.7 Å². The maximum absolute atomic E-state index is 11.2. The van der Waals surface area contributed by atoms with Crippen molar-refractivity contribution in [3.8, 4) is 0 Å². The average Bonchev–Trinajstić information content (AvgIpc) is 2.58. The third kappa shape index (κ3) is 5.87. The van der Waals surface area contributed by atoms with Crippen LogP contribution in [0.5, 0.6) is 0 Å². The number of rotatable bonds is 8. The summed E-state index contributed by atoms with van der Waals surface area (Å²) < 4.78 is 27.5. The Bertz CT molecular complexity index is 504. The summed E-state index contributed by atoms with van der Waals surface area (Å²) >= 11 is 0. The number of esters is 1. The molecule has 1 fully saturated rings.